The molecule has 0 fully saturated rings. The van der Waals surface area contributed by atoms with Crippen molar-refractivity contribution in [1.82, 2.24) is 5.32 Å². The standard InChI is InChI=1S/C16H15ClN2O4S/c1-9(18-15(21)13-4-3-7-24-13)14(20)19-10-5-6-12(17)11(8-10)16(22)23-2/h3-9H,1-2H3,(H,18,21)(H,19,20). The van der Waals surface area contributed by atoms with Crippen molar-refractivity contribution in [3.05, 3.63) is 51.2 Å². The number of amides is 2. The molecule has 2 amide bonds. The van der Waals surface area contributed by atoms with Gasteiger partial charge in [-0.05, 0) is 36.6 Å². The van der Waals surface area contributed by atoms with Crippen molar-refractivity contribution in [3.8, 4) is 0 Å². The fourth-order valence-corrected chi connectivity index (χ4v) is 2.68. The molecular weight excluding hydrogens is 352 g/mol. The van der Waals surface area contributed by atoms with Gasteiger partial charge in [-0.2, -0.15) is 0 Å². The lowest BCUT2D eigenvalue weighted by atomic mass is 10.2. The van der Waals surface area contributed by atoms with Gasteiger partial charge in [0.15, 0.2) is 0 Å². The average Bonchev–Trinajstić information content (AvgIpc) is 3.10. The Balaban J connectivity index is 2.03. The Morgan fingerprint density at radius 2 is 2.00 bits per heavy atom. The summed E-state index contributed by atoms with van der Waals surface area (Å²) in [5, 5.41) is 7.23. The molecule has 1 atom stereocenters. The predicted molar refractivity (Wildman–Crippen MR) is 92.7 cm³/mol. The van der Waals surface area contributed by atoms with E-state index in [9.17, 15) is 14.4 Å². The average molecular weight is 367 g/mol. The van der Waals surface area contributed by atoms with Crippen LogP contribution in [0, 0.1) is 0 Å². The van der Waals surface area contributed by atoms with Gasteiger partial charge in [-0.15, -0.1) is 11.3 Å². The molecule has 0 aliphatic carbocycles. The Morgan fingerprint density at radius 1 is 1.25 bits per heavy atom. The number of ether oxygens (including phenoxy) is 1. The summed E-state index contributed by atoms with van der Waals surface area (Å²) in [6, 6.07) is 7.13. The van der Waals surface area contributed by atoms with Gasteiger partial charge in [0.1, 0.15) is 6.04 Å². The molecular formula is C16H15ClN2O4S. The van der Waals surface area contributed by atoms with Crippen LogP contribution in [0.1, 0.15) is 27.0 Å². The zero-order valence-electron chi connectivity index (χ0n) is 13.0. The molecule has 1 aromatic heterocycles. The fourth-order valence-electron chi connectivity index (χ4n) is 1.86. The Morgan fingerprint density at radius 3 is 2.62 bits per heavy atom. The van der Waals surface area contributed by atoms with Gasteiger partial charge in [-0.3, -0.25) is 9.59 Å². The number of thiophene rings is 1. The van der Waals surface area contributed by atoms with Crippen molar-refractivity contribution in [2.45, 2.75) is 13.0 Å². The van der Waals surface area contributed by atoms with Crippen LogP contribution in [0.2, 0.25) is 5.02 Å². The van der Waals surface area contributed by atoms with Crippen LogP contribution >= 0.6 is 22.9 Å². The first kappa shape index (κ1) is 18.0. The maximum Gasteiger partial charge on any atom is 0.339 e. The van der Waals surface area contributed by atoms with Crippen LogP contribution in [0.5, 0.6) is 0 Å². The number of rotatable bonds is 5. The summed E-state index contributed by atoms with van der Waals surface area (Å²) in [5.74, 6) is -1.34. The monoisotopic (exact) mass is 366 g/mol. The molecule has 24 heavy (non-hydrogen) atoms. The largest absolute Gasteiger partial charge is 0.465 e. The quantitative estimate of drug-likeness (QED) is 0.797. The summed E-state index contributed by atoms with van der Waals surface area (Å²) in [6.45, 7) is 1.57. The highest BCUT2D eigenvalue weighted by Gasteiger charge is 2.18. The number of carbonyl (C=O) groups is 3. The third-order valence-electron chi connectivity index (χ3n) is 3.13. The second-order valence-electron chi connectivity index (χ2n) is 4.85. The second kappa shape index (κ2) is 7.94. The van der Waals surface area contributed by atoms with Crippen molar-refractivity contribution in [2.75, 3.05) is 12.4 Å². The Kier molecular flexibility index (Phi) is 5.94. The molecule has 1 unspecified atom stereocenters. The summed E-state index contributed by atoms with van der Waals surface area (Å²) in [5.41, 5.74) is 0.522. The van der Waals surface area contributed by atoms with Gasteiger partial charge in [0, 0.05) is 5.69 Å². The number of nitrogens with one attached hydrogen (secondary N) is 2. The molecule has 0 saturated carbocycles. The molecule has 0 aliphatic rings. The van der Waals surface area contributed by atoms with Gasteiger partial charge in [0.25, 0.3) is 5.91 Å². The molecule has 6 nitrogen and oxygen atoms in total. The van der Waals surface area contributed by atoms with Crippen LogP contribution in [0.15, 0.2) is 35.7 Å². The lowest BCUT2D eigenvalue weighted by Gasteiger charge is -2.14. The highest BCUT2D eigenvalue weighted by atomic mass is 35.5. The molecule has 0 aliphatic heterocycles. The van der Waals surface area contributed by atoms with Gasteiger partial charge in [-0.1, -0.05) is 17.7 Å². The summed E-state index contributed by atoms with van der Waals surface area (Å²) in [4.78, 5) is 36.3. The van der Waals surface area contributed by atoms with Crippen LogP contribution in [-0.4, -0.2) is 30.9 Å². The molecule has 2 aromatic rings. The maximum atomic E-state index is 12.2. The van der Waals surface area contributed by atoms with Crippen molar-refractivity contribution in [3.63, 3.8) is 0 Å². The summed E-state index contributed by atoms with van der Waals surface area (Å²) < 4.78 is 4.63. The lowest BCUT2D eigenvalue weighted by Crippen LogP contribution is -2.41. The van der Waals surface area contributed by atoms with Gasteiger partial charge in [-0.25, -0.2) is 4.79 Å². The van der Waals surface area contributed by atoms with E-state index in [1.807, 2.05) is 0 Å². The molecule has 1 aromatic carbocycles. The Hall–Kier alpha value is -2.38. The van der Waals surface area contributed by atoms with Crippen LogP contribution in [0.4, 0.5) is 5.69 Å². The number of halogens is 1. The molecule has 0 radical (unpaired) electrons. The van der Waals surface area contributed by atoms with Gasteiger partial charge in [0.05, 0.1) is 22.6 Å². The summed E-state index contributed by atoms with van der Waals surface area (Å²) in [6.07, 6.45) is 0. The van der Waals surface area contributed by atoms with Crippen LogP contribution < -0.4 is 10.6 Å². The first-order valence-corrected chi connectivity index (χ1v) is 8.21. The third-order valence-corrected chi connectivity index (χ3v) is 4.32. The Labute approximate surface area is 147 Å². The second-order valence-corrected chi connectivity index (χ2v) is 6.20. The van der Waals surface area contributed by atoms with Crippen molar-refractivity contribution in [1.29, 1.82) is 0 Å². The number of anilines is 1. The minimum absolute atomic E-state index is 0.146. The molecule has 8 heteroatoms. The van der Waals surface area contributed by atoms with E-state index in [1.165, 1.54) is 30.6 Å². The van der Waals surface area contributed by atoms with E-state index in [-0.39, 0.29) is 16.5 Å². The Bertz CT molecular complexity index is 761. The number of esters is 1. The molecule has 126 valence electrons. The molecule has 1 heterocycles. The predicted octanol–water partition coefficient (Wildman–Crippen LogP) is 2.95. The molecule has 2 N–H and O–H groups in total. The fraction of sp³-hybridized carbons (Fsp3) is 0.188. The number of hydrogen-bond donors (Lipinski definition) is 2. The van der Waals surface area contributed by atoms with Gasteiger partial charge in [0.2, 0.25) is 5.91 Å². The SMILES string of the molecule is COC(=O)c1cc(NC(=O)C(C)NC(=O)c2cccs2)ccc1Cl. The first-order valence-electron chi connectivity index (χ1n) is 6.95. The van der Waals surface area contributed by atoms with Crippen LogP contribution in [-0.2, 0) is 9.53 Å². The zero-order chi connectivity index (χ0) is 17.7. The van der Waals surface area contributed by atoms with E-state index in [4.69, 9.17) is 11.6 Å². The van der Waals surface area contributed by atoms with E-state index in [0.29, 0.717) is 10.6 Å². The zero-order valence-corrected chi connectivity index (χ0v) is 14.5. The molecule has 0 spiro atoms. The van der Waals surface area contributed by atoms with Crippen molar-refractivity contribution >= 4 is 46.4 Å². The lowest BCUT2D eigenvalue weighted by molar-refractivity contribution is -0.117. The number of hydrogen-bond acceptors (Lipinski definition) is 5. The van der Waals surface area contributed by atoms with Crippen molar-refractivity contribution < 1.29 is 19.1 Å². The number of carbonyl (C=O) groups excluding carboxylic acids is 3. The van der Waals surface area contributed by atoms with Gasteiger partial charge >= 0.3 is 5.97 Å². The van der Waals surface area contributed by atoms with E-state index in [2.05, 4.69) is 15.4 Å². The van der Waals surface area contributed by atoms with Crippen LogP contribution in [0.3, 0.4) is 0 Å². The van der Waals surface area contributed by atoms with Gasteiger partial charge < -0.3 is 15.4 Å². The number of methoxy groups -OCH3 is 1. The van der Waals surface area contributed by atoms with E-state index >= 15 is 0 Å². The highest BCUT2D eigenvalue weighted by molar-refractivity contribution is 7.12. The highest BCUT2D eigenvalue weighted by Crippen LogP contribution is 2.21. The smallest absolute Gasteiger partial charge is 0.339 e. The van der Waals surface area contributed by atoms with E-state index < -0.39 is 17.9 Å². The van der Waals surface area contributed by atoms with E-state index in [1.54, 1.807) is 30.5 Å². The molecule has 0 bridgehead atoms. The molecule has 2 rings (SSSR count). The van der Waals surface area contributed by atoms with E-state index in [0.717, 1.165) is 0 Å². The normalized spacial score (nSPS) is 11.5. The minimum atomic E-state index is -0.753. The summed E-state index contributed by atoms with van der Waals surface area (Å²) >= 11 is 7.21. The maximum absolute atomic E-state index is 12.2. The number of benzene rings is 1. The minimum Gasteiger partial charge on any atom is -0.465 e. The van der Waals surface area contributed by atoms with Crippen LogP contribution in [0.25, 0.3) is 0 Å². The molecule has 0 saturated heterocycles. The topological polar surface area (TPSA) is 84.5 Å². The van der Waals surface area contributed by atoms with Crippen molar-refractivity contribution in [2.24, 2.45) is 0 Å². The first-order chi connectivity index (χ1) is 11.4. The third kappa shape index (κ3) is 4.33. The summed E-state index contributed by atoms with van der Waals surface area (Å²) in [7, 11) is 1.24.